The van der Waals surface area contributed by atoms with E-state index < -0.39 is 5.97 Å². The average Bonchev–Trinajstić information content (AvgIpc) is 2.40. The summed E-state index contributed by atoms with van der Waals surface area (Å²) in [6.07, 6.45) is 1.49. The summed E-state index contributed by atoms with van der Waals surface area (Å²) in [5.74, 6) is -0.350. The maximum Gasteiger partial charge on any atom is 0.354 e. The van der Waals surface area contributed by atoms with Crippen LogP contribution in [0, 0.1) is 0 Å². The lowest BCUT2D eigenvalue weighted by atomic mass is 10.2. The van der Waals surface area contributed by atoms with Crippen molar-refractivity contribution >= 4 is 40.9 Å². The molecule has 0 saturated heterocycles. The number of carbonyl (C=O) groups is 1. The zero-order valence-corrected chi connectivity index (χ0v) is 12.0. The number of halogens is 2. The molecular weight excluding hydrogens is 305 g/mol. The van der Waals surface area contributed by atoms with E-state index in [-0.39, 0.29) is 5.69 Å². The van der Waals surface area contributed by atoms with Gasteiger partial charge >= 0.3 is 5.97 Å². The number of carboxylic acids is 1. The molecule has 0 atom stereocenters. The number of aromatic carboxylic acids is 1. The molecule has 3 nitrogen and oxygen atoms in total. The Morgan fingerprint density at radius 2 is 2.00 bits per heavy atom. The normalized spacial score (nSPS) is 10.4. The van der Waals surface area contributed by atoms with E-state index in [1.165, 1.54) is 18.0 Å². The first-order valence-electron chi connectivity index (χ1n) is 5.32. The maximum absolute atomic E-state index is 10.8. The lowest BCUT2D eigenvalue weighted by Gasteiger charge is -2.04. The molecule has 1 aromatic carbocycles. The third-order valence-corrected chi connectivity index (χ3v) is 4.14. The van der Waals surface area contributed by atoms with Crippen LogP contribution >= 0.6 is 35.0 Å². The molecule has 0 fully saturated rings. The quantitative estimate of drug-likeness (QED) is 0.851. The standard InChI is InChI=1S/C13H9Cl2NO2S/c14-10-2-1-8(5-11(10)15)7-19-9-3-4-16-12(6-9)13(17)18/h1-6H,7H2,(H,17,18). The van der Waals surface area contributed by atoms with Crippen molar-refractivity contribution in [2.45, 2.75) is 10.6 Å². The summed E-state index contributed by atoms with van der Waals surface area (Å²) >= 11 is 13.3. The molecule has 0 bridgehead atoms. The molecule has 0 saturated carbocycles. The van der Waals surface area contributed by atoms with Crippen molar-refractivity contribution in [3.05, 3.63) is 57.8 Å². The van der Waals surface area contributed by atoms with E-state index >= 15 is 0 Å². The molecule has 1 N–H and O–H groups in total. The Labute approximate surface area is 124 Å². The fourth-order valence-electron chi connectivity index (χ4n) is 1.41. The van der Waals surface area contributed by atoms with Gasteiger partial charge in [-0.2, -0.15) is 0 Å². The highest BCUT2D eigenvalue weighted by molar-refractivity contribution is 7.98. The van der Waals surface area contributed by atoms with Crippen LogP contribution in [0.15, 0.2) is 41.4 Å². The highest BCUT2D eigenvalue weighted by atomic mass is 35.5. The van der Waals surface area contributed by atoms with Crippen molar-refractivity contribution in [2.24, 2.45) is 0 Å². The van der Waals surface area contributed by atoms with Gasteiger partial charge in [-0.3, -0.25) is 0 Å². The van der Waals surface area contributed by atoms with E-state index in [9.17, 15) is 4.79 Å². The van der Waals surface area contributed by atoms with E-state index in [0.29, 0.717) is 15.8 Å². The lowest BCUT2D eigenvalue weighted by molar-refractivity contribution is 0.0690. The summed E-state index contributed by atoms with van der Waals surface area (Å²) in [5.41, 5.74) is 1.06. The topological polar surface area (TPSA) is 50.2 Å². The summed E-state index contributed by atoms with van der Waals surface area (Å²) in [6, 6.07) is 8.75. The molecule has 1 aromatic heterocycles. The van der Waals surface area contributed by atoms with Gasteiger partial charge in [0, 0.05) is 16.8 Å². The van der Waals surface area contributed by atoms with Crippen LogP contribution in [0.1, 0.15) is 16.1 Å². The number of pyridine rings is 1. The van der Waals surface area contributed by atoms with E-state index in [4.69, 9.17) is 28.3 Å². The molecule has 98 valence electrons. The van der Waals surface area contributed by atoms with Crippen LogP contribution in [0.25, 0.3) is 0 Å². The van der Waals surface area contributed by atoms with Crippen molar-refractivity contribution in [3.8, 4) is 0 Å². The van der Waals surface area contributed by atoms with Crippen LogP contribution in [0.4, 0.5) is 0 Å². The molecule has 1 heterocycles. The minimum Gasteiger partial charge on any atom is -0.477 e. The van der Waals surface area contributed by atoms with Gasteiger partial charge in [-0.25, -0.2) is 9.78 Å². The van der Waals surface area contributed by atoms with Crippen LogP contribution in [0.3, 0.4) is 0 Å². The fraction of sp³-hybridized carbons (Fsp3) is 0.0769. The Hall–Kier alpha value is -1.23. The van der Waals surface area contributed by atoms with Gasteiger partial charge in [0.25, 0.3) is 0 Å². The molecule has 6 heteroatoms. The average molecular weight is 314 g/mol. The van der Waals surface area contributed by atoms with Crippen LogP contribution in [0.5, 0.6) is 0 Å². The number of benzene rings is 1. The third-order valence-electron chi connectivity index (χ3n) is 2.34. The SMILES string of the molecule is O=C(O)c1cc(SCc2ccc(Cl)c(Cl)c2)ccn1. The Bertz CT molecular complexity index is 619. The Morgan fingerprint density at radius 1 is 1.21 bits per heavy atom. The van der Waals surface area contributed by atoms with E-state index in [0.717, 1.165) is 10.5 Å². The molecule has 2 rings (SSSR count). The van der Waals surface area contributed by atoms with Gasteiger partial charge in [0.2, 0.25) is 0 Å². The van der Waals surface area contributed by atoms with Gasteiger partial charge in [0.1, 0.15) is 5.69 Å². The molecule has 0 amide bonds. The van der Waals surface area contributed by atoms with Crippen LogP contribution < -0.4 is 0 Å². The molecule has 0 unspecified atom stereocenters. The second kappa shape index (κ2) is 6.28. The van der Waals surface area contributed by atoms with Gasteiger partial charge in [0.05, 0.1) is 10.0 Å². The predicted octanol–water partition coefficient (Wildman–Crippen LogP) is 4.38. The van der Waals surface area contributed by atoms with Gasteiger partial charge in [0.15, 0.2) is 0 Å². The number of hydrogen-bond acceptors (Lipinski definition) is 3. The van der Waals surface area contributed by atoms with Gasteiger partial charge in [-0.1, -0.05) is 29.3 Å². The van der Waals surface area contributed by atoms with Crippen LogP contribution in [-0.4, -0.2) is 16.1 Å². The van der Waals surface area contributed by atoms with Gasteiger partial charge < -0.3 is 5.11 Å². The van der Waals surface area contributed by atoms with Crippen LogP contribution in [-0.2, 0) is 5.75 Å². The van der Waals surface area contributed by atoms with Crippen molar-refractivity contribution in [2.75, 3.05) is 0 Å². The minimum atomic E-state index is -1.03. The summed E-state index contributed by atoms with van der Waals surface area (Å²) < 4.78 is 0. The first-order valence-corrected chi connectivity index (χ1v) is 7.06. The maximum atomic E-state index is 10.8. The second-order valence-corrected chi connectivity index (χ2v) is 5.58. The summed E-state index contributed by atoms with van der Waals surface area (Å²) in [6.45, 7) is 0. The number of rotatable bonds is 4. The Morgan fingerprint density at radius 3 is 2.68 bits per heavy atom. The van der Waals surface area contributed by atoms with Crippen molar-refractivity contribution < 1.29 is 9.90 Å². The second-order valence-electron chi connectivity index (χ2n) is 3.72. The fourth-order valence-corrected chi connectivity index (χ4v) is 2.60. The summed E-state index contributed by atoms with van der Waals surface area (Å²) in [7, 11) is 0. The highest BCUT2D eigenvalue weighted by Crippen LogP contribution is 2.27. The molecular formula is C13H9Cl2NO2S. The number of aromatic nitrogens is 1. The Kier molecular flexibility index (Phi) is 4.69. The zero-order valence-electron chi connectivity index (χ0n) is 9.64. The van der Waals surface area contributed by atoms with Crippen LogP contribution in [0.2, 0.25) is 10.0 Å². The number of thioether (sulfide) groups is 1. The third kappa shape index (κ3) is 3.86. The largest absolute Gasteiger partial charge is 0.477 e. The van der Waals surface area contributed by atoms with Crippen molar-refractivity contribution in [1.82, 2.24) is 4.98 Å². The lowest BCUT2D eigenvalue weighted by Crippen LogP contribution is -1.99. The number of carboxylic acid groups (broad SMARTS) is 1. The molecule has 0 aliphatic rings. The highest BCUT2D eigenvalue weighted by Gasteiger charge is 2.06. The first kappa shape index (κ1) is 14.2. The van der Waals surface area contributed by atoms with E-state index in [1.807, 2.05) is 6.07 Å². The predicted molar refractivity (Wildman–Crippen MR) is 77.2 cm³/mol. The Balaban J connectivity index is 2.07. The smallest absolute Gasteiger partial charge is 0.354 e. The molecule has 19 heavy (non-hydrogen) atoms. The molecule has 0 aliphatic carbocycles. The van der Waals surface area contributed by atoms with Crippen molar-refractivity contribution in [3.63, 3.8) is 0 Å². The number of hydrogen-bond donors (Lipinski definition) is 1. The first-order chi connectivity index (χ1) is 9.06. The van der Waals surface area contributed by atoms with Crippen molar-refractivity contribution in [1.29, 1.82) is 0 Å². The van der Waals surface area contributed by atoms with E-state index in [2.05, 4.69) is 4.98 Å². The molecule has 0 spiro atoms. The van der Waals surface area contributed by atoms with Gasteiger partial charge in [-0.15, -0.1) is 11.8 Å². The minimum absolute atomic E-state index is 0.0409. The van der Waals surface area contributed by atoms with Gasteiger partial charge in [-0.05, 0) is 29.8 Å². The molecule has 0 radical (unpaired) electrons. The monoisotopic (exact) mass is 313 g/mol. The number of nitrogens with zero attached hydrogens (tertiary/aromatic N) is 1. The summed E-state index contributed by atoms with van der Waals surface area (Å²) in [5, 5.41) is 9.89. The van der Waals surface area contributed by atoms with E-state index in [1.54, 1.807) is 24.3 Å². The summed E-state index contributed by atoms with van der Waals surface area (Å²) in [4.78, 5) is 15.4. The molecule has 2 aromatic rings. The molecule has 0 aliphatic heterocycles. The zero-order chi connectivity index (χ0) is 13.8.